The molecule has 0 heterocycles. The average Bonchev–Trinajstić information content (AvgIpc) is 2.50. The van der Waals surface area contributed by atoms with Crippen molar-refractivity contribution < 1.29 is 20.1 Å². The summed E-state index contributed by atoms with van der Waals surface area (Å²) in [5.41, 5.74) is -1.21. The maximum absolute atomic E-state index is 12.0. The van der Waals surface area contributed by atoms with E-state index >= 15 is 0 Å². The predicted molar refractivity (Wildman–Crippen MR) is 94.5 cm³/mol. The summed E-state index contributed by atoms with van der Waals surface area (Å²) in [4.78, 5) is 12.0. The van der Waals surface area contributed by atoms with Gasteiger partial charge in [0, 0.05) is 0 Å². The SMILES string of the molecule is C=CC(C)(O)C(O)C[C@H]1C(=C)CCC2[C@]1(C)CCC[C@]2(C)C(=O)O. The molecule has 136 valence electrons. The zero-order valence-electron chi connectivity index (χ0n) is 15.2. The van der Waals surface area contributed by atoms with Crippen LogP contribution in [0.15, 0.2) is 24.8 Å². The number of carboxylic acids is 1. The summed E-state index contributed by atoms with van der Waals surface area (Å²) in [6, 6.07) is 0. The highest BCUT2D eigenvalue weighted by molar-refractivity contribution is 5.75. The summed E-state index contributed by atoms with van der Waals surface area (Å²) in [6.45, 7) is 13.4. The lowest BCUT2D eigenvalue weighted by Crippen LogP contribution is -2.54. The van der Waals surface area contributed by atoms with Crippen molar-refractivity contribution >= 4 is 5.97 Å². The van der Waals surface area contributed by atoms with Gasteiger partial charge in [-0.25, -0.2) is 0 Å². The highest BCUT2D eigenvalue weighted by Crippen LogP contribution is 2.62. The molecule has 0 saturated heterocycles. The fraction of sp³-hybridized carbons (Fsp3) is 0.750. The second kappa shape index (κ2) is 6.30. The molecule has 0 aromatic rings. The van der Waals surface area contributed by atoms with Gasteiger partial charge in [0.25, 0.3) is 0 Å². The van der Waals surface area contributed by atoms with E-state index in [9.17, 15) is 20.1 Å². The van der Waals surface area contributed by atoms with Gasteiger partial charge >= 0.3 is 5.97 Å². The first-order chi connectivity index (χ1) is 11.0. The summed E-state index contributed by atoms with van der Waals surface area (Å²) in [5, 5.41) is 30.6. The molecule has 2 saturated carbocycles. The Balaban J connectivity index is 2.35. The summed E-state index contributed by atoms with van der Waals surface area (Å²) in [7, 11) is 0. The van der Waals surface area contributed by atoms with Crippen molar-refractivity contribution in [1.29, 1.82) is 0 Å². The molecular weight excluding hydrogens is 304 g/mol. The number of fused-ring (bicyclic) bond motifs is 1. The minimum atomic E-state index is -1.35. The zero-order valence-corrected chi connectivity index (χ0v) is 15.2. The van der Waals surface area contributed by atoms with Gasteiger partial charge in [-0.05, 0) is 63.2 Å². The molecular formula is C20H32O4. The third-order valence-corrected chi connectivity index (χ3v) is 7.06. The smallest absolute Gasteiger partial charge is 0.309 e. The van der Waals surface area contributed by atoms with Crippen molar-refractivity contribution in [3.05, 3.63) is 24.8 Å². The van der Waals surface area contributed by atoms with Crippen molar-refractivity contribution in [1.82, 2.24) is 0 Å². The Morgan fingerprint density at radius 1 is 1.46 bits per heavy atom. The van der Waals surface area contributed by atoms with Crippen LogP contribution in [0.25, 0.3) is 0 Å². The van der Waals surface area contributed by atoms with E-state index in [4.69, 9.17) is 0 Å². The number of carbonyl (C=O) groups is 1. The number of hydrogen-bond acceptors (Lipinski definition) is 3. The highest BCUT2D eigenvalue weighted by Gasteiger charge is 2.57. The van der Waals surface area contributed by atoms with E-state index in [2.05, 4.69) is 20.1 Å². The molecule has 2 aliphatic carbocycles. The maximum Gasteiger partial charge on any atom is 0.309 e. The van der Waals surface area contributed by atoms with Crippen molar-refractivity contribution in [3.8, 4) is 0 Å². The molecule has 4 nitrogen and oxygen atoms in total. The van der Waals surface area contributed by atoms with Gasteiger partial charge in [0.05, 0.1) is 11.5 Å². The van der Waals surface area contributed by atoms with E-state index in [0.29, 0.717) is 12.8 Å². The van der Waals surface area contributed by atoms with E-state index in [0.717, 1.165) is 31.3 Å². The molecule has 0 aromatic carbocycles. The molecule has 24 heavy (non-hydrogen) atoms. The van der Waals surface area contributed by atoms with Gasteiger partial charge in [0.15, 0.2) is 0 Å². The number of rotatable bonds is 5. The molecule has 3 unspecified atom stereocenters. The summed E-state index contributed by atoms with van der Waals surface area (Å²) >= 11 is 0. The first kappa shape index (κ1) is 19.2. The first-order valence-electron chi connectivity index (χ1n) is 8.94. The molecule has 0 amide bonds. The Morgan fingerprint density at radius 3 is 2.62 bits per heavy atom. The van der Waals surface area contributed by atoms with E-state index in [1.165, 1.54) is 6.08 Å². The Bertz CT molecular complexity index is 538. The normalized spacial score (nSPS) is 40.3. The maximum atomic E-state index is 12.0. The number of carboxylic acid groups (broad SMARTS) is 1. The number of allylic oxidation sites excluding steroid dienone is 1. The predicted octanol–water partition coefficient (Wildman–Crippen LogP) is 3.54. The van der Waals surface area contributed by atoms with E-state index in [1.54, 1.807) is 6.92 Å². The van der Waals surface area contributed by atoms with Gasteiger partial charge in [-0.3, -0.25) is 4.79 Å². The van der Waals surface area contributed by atoms with Crippen LogP contribution < -0.4 is 0 Å². The Hall–Kier alpha value is -1.13. The third kappa shape index (κ3) is 2.95. The lowest BCUT2D eigenvalue weighted by molar-refractivity contribution is -0.165. The third-order valence-electron chi connectivity index (χ3n) is 7.06. The van der Waals surface area contributed by atoms with E-state index in [1.807, 2.05) is 6.92 Å². The molecule has 6 atom stereocenters. The van der Waals surface area contributed by atoms with Gasteiger partial charge in [0.1, 0.15) is 5.60 Å². The monoisotopic (exact) mass is 336 g/mol. The summed E-state index contributed by atoms with van der Waals surface area (Å²) in [5.74, 6) is -0.646. The van der Waals surface area contributed by atoms with Crippen molar-refractivity contribution in [2.75, 3.05) is 0 Å². The molecule has 2 rings (SSSR count). The van der Waals surface area contributed by atoms with Gasteiger partial charge in [-0.1, -0.05) is 31.6 Å². The minimum Gasteiger partial charge on any atom is -0.481 e. The van der Waals surface area contributed by atoms with E-state index in [-0.39, 0.29) is 17.3 Å². The Labute approximate surface area is 145 Å². The van der Waals surface area contributed by atoms with Crippen LogP contribution in [0.3, 0.4) is 0 Å². The lowest BCUT2D eigenvalue weighted by Gasteiger charge is -2.57. The fourth-order valence-electron chi connectivity index (χ4n) is 5.24. The molecule has 3 N–H and O–H groups in total. The molecule has 0 bridgehead atoms. The van der Waals surface area contributed by atoms with Crippen LogP contribution in [0.1, 0.15) is 59.3 Å². The zero-order chi connectivity index (χ0) is 18.3. The topological polar surface area (TPSA) is 77.8 Å². The van der Waals surface area contributed by atoms with Crippen molar-refractivity contribution in [3.63, 3.8) is 0 Å². The largest absolute Gasteiger partial charge is 0.481 e. The van der Waals surface area contributed by atoms with Crippen LogP contribution in [-0.4, -0.2) is 33.0 Å². The minimum absolute atomic E-state index is 0.0108. The number of aliphatic carboxylic acids is 1. The standard InChI is InChI=1S/C20H32O4/c1-6-20(5,24)16(21)12-14-13(2)8-9-15-18(14,3)10-7-11-19(15,4)17(22)23/h6,14-16,21,24H,1-2,7-12H2,3-5H3,(H,22,23)/t14-,15?,16?,18+,19-,20?/m0/s1. The van der Waals surface area contributed by atoms with E-state index < -0.39 is 23.1 Å². The second-order valence-corrected chi connectivity index (χ2v) is 8.57. The Morgan fingerprint density at radius 2 is 2.08 bits per heavy atom. The Kier molecular flexibility index (Phi) is 5.04. The molecule has 0 spiro atoms. The summed E-state index contributed by atoms with van der Waals surface area (Å²) < 4.78 is 0. The highest BCUT2D eigenvalue weighted by atomic mass is 16.4. The quantitative estimate of drug-likeness (QED) is 0.671. The van der Waals surface area contributed by atoms with Gasteiger partial charge in [0.2, 0.25) is 0 Å². The van der Waals surface area contributed by atoms with Crippen LogP contribution in [0, 0.1) is 22.7 Å². The molecule has 0 aliphatic heterocycles. The van der Waals surface area contributed by atoms with Crippen LogP contribution in [0.5, 0.6) is 0 Å². The molecule has 4 heteroatoms. The number of aliphatic hydroxyl groups excluding tert-OH is 1. The summed E-state index contributed by atoms with van der Waals surface area (Å²) in [6.07, 6.45) is 4.95. The molecule has 0 radical (unpaired) electrons. The second-order valence-electron chi connectivity index (χ2n) is 8.57. The van der Waals surface area contributed by atoms with Gasteiger partial charge in [-0.15, -0.1) is 6.58 Å². The van der Waals surface area contributed by atoms with Crippen LogP contribution in [0.4, 0.5) is 0 Å². The average molecular weight is 336 g/mol. The first-order valence-corrected chi connectivity index (χ1v) is 8.94. The lowest BCUT2D eigenvalue weighted by atomic mass is 9.46. The van der Waals surface area contributed by atoms with Crippen LogP contribution >= 0.6 is 0 Å². The van der Waals surface area contributed by atoms with Crippen molar-refractivity contribution in [2.45, 2.75) is 71.0 Å². The molecule has 0 aromatic heterocycles. The van der Waals surface area contributed by atoms with Gasteiger partial charge in [-0.2, -0.15) is 0 Å². The molecule has 2 fully saturated rings. The molecule has 2 aliphatic rings. The fourth-order valence-corrected chi connectivity index (χ4v) is 5.24. The van der Waals surface area contributed by atoms with Gasteiger partial charge < -0.3 is 15.3 Å². The number of aliphatic hydroxyl groups is 2. The van der Waals surface area contributed by atoms with Crippen molar-refractivity contribution in [2.24, 2.45) is 22.7 Å². The van der Waals surface area contributed by atoms with Crippen LogP contribution in [0.2, 0.25) is 0 Å². The number of hydrogen-bond donors (Lipinski definition) is 3. The van der Waals surface area contributed by atoms with Crippen LogP contribution in [-0.2, 0) is 4.79 Å².